The zero-order valence-corrected chi connectivity index (χ0v) is 11.6. The molecule has 0 aliphatic rings. The lowest BCUT2D eigenvalue weighted by Crippen LogP contribution is -1.88. The minimum atomic E-state index is 0.138. The minimum Gasteiger partial charge on any atom is -0.338 e. The maximum atomic E-state index is 5.22. The van der Waals surface area contributed by atoms with Crippen molar-refractivity contribution in [3.63, 3.8) is 0 Å². The quantitative estimate of drug-likeness (QED) is 0.795. The summed E-state index contributed by atoms with van der Waals surface area (Å²) >= 11 is 3.50. The van der Waals surface area contributed by atoms with Crippen LogP contribution in [0.1, 0.15) is 36.5 Å². The van der Waals surface area contributed by atoms with E-state index in [2.05, 4.69) is 52.1 Å². The SMILES string of the molecule is CCc1ccc(-c2noc(C(Br)CC)n2)cc1. The van der Waals surface area contributed by atoms with E-state index in [9.17, 15) is 0 Å². The average Bonchev–Trinajstić information content (AvgIpc) is 2.87. The van der Waals surface area contributed by atoms with Crippen molar-refractivity contribution in [2.75, 3.05) is 0 Å². The lowest BCUT2D eigenvalue weighted by molar-refractivity contribution is 0.377. The third kappa shape index (κ3) is 2.75. The molecule has 0 spiro atoms. The summed E-state index contributed by atoms with van der Waals surface area (Å²) in [5.41, 5.74) is 2.30. The number of aromatic nitrogens is 2. The Bertz CT molecular complexity index is 478. The van der Waals surface area contributed by atoms with E-state index in [0.29, 0.717) is 11.7 Å². The Morgan fingerprint density at radius 2 is 1.94 bits per heavy atom. The largest absolute Gasteiger partial charge is 0.338 e. The standard InChI is InChI=1S/C13H15BrN2O/c1-3-9-5-7-10(8-6-9)12-15-13(17-16-12)11(14)4-2/h5-8,11H,3-4H2,1-2H3. The van der Waals surface area contributed by atoms with Crippen LogP contribution in [0.25, 0.3) is 11.4 Å². The fourth-order valence-corrected chi connectivity index (χ4v) is 1.73. The Hall–Kier alpha value is -1.16. The molecule has 0 N–H and O–H groups in total. The van der Waals surface area contributed by atoms with Gasteiger partial charge in [-0.25, -0.2) is 0 Å². The van der Waals surface area contributed by atoms with Crippen LogP contribution in [0.15, 0.2) is 28.8 Å². The van der Waals surface area contributed by atoms with E-state index in [4.69, 9.17) is 4.52 Å². The summed E-state index contributed by atoms with van der Waals surface area (Å²) in [7, 11) is 0. The molecule has 17 heavy (non-hydrogen) atoms. The maximum absolute atomic E-state index is 5.22. The molecule has 90 valence electrons. The highest BCUT2D eigenvalue weighted by Crippen LogP contribution is 2.26. The van der Waals surface area contributed by atoms with Gasteiger partial charge in [-0.2, -0.15) is 4.98 Å². The van der Waals surface area contributed by atoms with Gasteiger partial charge in [0.1, 0.15) is 0 Å². The van der Waals surface area contributed by atoms with E-state index in [0.717, 1.165) is 18.4 Å². The Labute approximate surface area is 109 Å². The lowest BCUT2D eigenvalue weighted by atomic mass is 10.1. The number of hydrogen-bond donors (Lipinski definition) is 0. The zero-order chi connectivity index (χ0) is 12.3. The number of hydrogen-bond acceptors (Lipinski definition) is 3. The average molecular weight is 295 g/mol. The molecule has 0 aliphatic carbocycles. The van der Waals surface area contributed by atoms with Crippen LogP contribution in [-0.2, 0) is 6.42 Å². The van der Waals surface area contributed by atoms with E-state index >= 15 is 0 Å². The molecule has 2 rings (SSSR count). The number of alkyl halides is 1. The molecule has 0 fully saturated rings. The van der Waals surface area contributed by atoms with E-state index < -0.39 is 0 Å². The van der Waals surface area contributed by atoms with Crippen molar-refractivity contribution in [2.45, 2.75) is 31.5 Å². The molecular weight excluding hydrogens is 280 g/mol. The monoisotopic (exact) mass is 294 g/mol. The smallest absolute Gasteiger partial charge is 0.240 e. The van der Waals surface area contributed by atoms with Gasteiger partial charge in [0.15, 0.2) is 0 Å². The summed E-state index contributed by atoms with van der Waals surface area (Å²) in [4.78, 5) is 4.52. The molecule has 0 saturated heterocycles. The van der Waals surface area contributed by atoms with Crippen LogP contribution in [0.4, 0.5) is 0 Å². The molecule has 2 aromatic rings. The molecule has 1 unspecified atom stereocenters. The van der Waals surface area contributed by atoms with Gasteiger partial charge >= 0.3 is 0 Å². The normalized spacial score (nSPS) is 12.6. The molecular formula is C13H15BrN2O. The fraction of sp³-hybridized carbons (Fsp3) is 0.385. The second kappa shape index (κ2) is 5.45. The van der Waals surface area contributed by atoms with Crippen molar-refractivity contribution in [2.24, 2.45) is 0 Å². The van der Waals surface area contributed by atoms with Gasteiger partial charge in [0.25, 0.3) is 0 Å². The Morgan fingerprint density at radius 3 is 2.53 bits per heavy atom. The van der Waals surface area contributed by atoms with Crippen LogP contribution in [0.5, 0.6) is 0 Å². The number of benzene rings is 1. The molecule has 1 aromatic carbocycles. The highest BCUT2D eigenvalue weighted by Gasteiger charge is 2.14. The maximum Gasteiger partial charge on any atom is 0.240 e. The molecule has 0 amide bonds. The first-order valence-electron chi connectivity index (χ1n) is 5.81. The lowest BCUT2D eigenvalue weighted by Gasteiger charge is -1.98. The predicted molar refractivity (Wildman–Crippen MR) is 71.1 cm³/mol. The fourth-order valence-electron chi connectivity index (χ4n) is 1.54. The summed E-state index contributed by atoms with van der Waals surface area (Å²) in [5.74, 6) is 1.29. The number of nitrogens with zero attached hydrogens (tertiary/aromatic N) is 2. The highest BCUT2D eigenvalue weighted by atomic mass is 79.9. The van der Waals surface area contributed by atoms with Crippen molar-refractivity contribution in [3.05, 3.63) is 35.7 Å². The van der Waals surface area contributed by atoms with Crippen molar-refractivity contribution in [1.29, 1.82) is 0 Å². The van der Waals surface area contributed by atoms with Crippen molar-refractivity contribution >= 4 is 15.9 Å². The zero-order valence-electron chi connectivity index (χ0n) is 9.98. The Morgan fingerprint density at radius 1 is 1.24 bits per heavy atom. The summed E-state index contributed by atoms with van der Waals surface area (Å²) in [5, 5.41) is 3.99. The van der Waals surface area contributed by atoms with Gasteiger partial charge in [-0.15, -0.1) is 0 Å². The molecule has 0 aliphatic heterocycles. The third-order valence-corrected chi connectivity index (χ3v) is 3.73. The van der Waals surface area contributed by atoms with Crippen LogP contribution in [0.3, 0.4) is 0 Å². The Balaban J connectivity index is 2.24. The van der Waals surface area contributed by atoms with Crippen LogP contribution in [0, 0.1) is 0 Å². The third-order valence-electron chi connectivity index (χ3n) is 2.69. The van der Waals surface area contributed by atoms with Gasteiger partial charge in [-0.1, -0.05) is 59.2 Å². The first-order valence-corrected chi connectivity index (χ1v) is 6.73. The topological polar surface area (TPSA) is 38.9 Å². The molecule has 1 heterocycles. The van der Waals surface area contributed by atoms with Crippen LogP contribution in [-0.4, -0.2) is 10.1 Å². The molecule has 1 aromatic heterocycles. The highest BCUT2D eigenvalue weighted by molar-refractivity contribution is 9.09. The molecule has 1 atom stereocenters. The van der Waals surface area contributed by atoms with Gasteiger partial charge in [0.05, 0.1) is 4.83 Å². The van der Waals surface area contributed by atoms with E-state index in [1.165, 1.54) is 5.56 Å². The number of aryl methyl sites for hydroxylation is 1. The number of halogens is 1. The molecule has 0 radical (unpaired) electrons. The second-order valence-electron chi connectivity index (χ2n) is 3.88. The minimum absolute atomic E-state index is 0.138. The van der Waals surface area contributed by atoms with Crippen LogP contribution < -0.4 is 0 Å². The summed E-state index contributed by atoms with van der Waals surface area (Å²) < 4.78 is 5.22. The predicted octanol–water partition coefficient (Wildman–Crippen LogP) is 4.15. The van der Waals surface area contributed by atoms with E-state index in [-0.39, 0.29) is 4.83 Å². The summed E-state index contributed by atoms with van der Waals surface area (Å²) in [6, 6.07) is 8.25. The number of rotatable bonds is 4. The van der Waals surface area contributed by atoms with E-state index in [1.54, 1.807) is 0 Å². The van der Waals surface area contributed by atoms with Crippen LogP contribution in [0.2, 0.25) is 0 Å². The first-order chi connectivity index (χ1) is 8.24. The molecule has 3 nitrogen and oxygen atoms in total. The summed E-state index contributed by atoms with van der Waals surface area (Å²) in [6.45, 7) is 4.21. The van der Waals surface area contributed by atoms with Gasteiger partial charge in [0, 0.05) is 5.56 Å². The van der Waals surface area contributed by atoms with Crippen molar-refractivity contribution in [3.8, 4) is 11.4 Å². The van der Waals surface area contributed by atoms with Gasteiger partial charge < -0.3 is 4.52 Å². The van der Waals surface area contributed by atoms with Crippen molar-refractivity contribution < 1.29 is 4.52 Å². The molecule has 4 heteroatoms. The molecule has 0 bridgehead atoms. The van der Waals surface area contributed by atoms with Gasteiger partial charge in [0.2, 0.25) is 11.7 Å². The van der Waals surface area contributed by atoms with Gasteiger partial charge in [-0.3, -0.25) is 0 Å². The van der Waals surface area contributed by atoms with Crippen LogP contribution >= 0.6 is 15.9 Å². The first kappa shape index (κ1) is 12.3. The summed E-state index contributed by atoms with van der Waals surface area (Å²) in [6.07, 6.45) is 1.97. The van der Waals surface area contributed by atoms with E-state index in [1.807, 2.05) is 12.1 Å². The second-order valence-corrected chi connectivity index (χ2v) is 4.99. The Kier molecular flexibility index (Phi) is 3.94. The molecule has 0 saturated carbocycles. The van der Waals surface area contributed by atoms with Crippen molar-refractivity contribution in [1.82, 2.24) is 10.1 Å². The van der Waals surface area contributed by atoms with Gasteiger partial charge in [-0.05, 0) is 18.4 Å².